The third-order valence-electron chi connectivity index (χ3n) is 2.19. The van der Waals surface area contributed by atoms with Crippen LogP contribution in [0.2, 0.25) is 0 Å². The lowest BCUT2D eigenvalue weighted by molar-refractivity contribution is -0.322. The van der Waals surface area contributed by atoms with Gasteiger partial charge in [-0.25, -0.2) is 0 Å². The number of nitriles is 1. The highest BCUT2D eigenvalue weighted by molar-refractivity contribution is 4.96. The molecule has 3 nitrogen and oxygen atoms in total. The molecule has 1 fully saturated rings. The van der Waals surface area contributed by atoms with Gasteiger partial charge in [0.15, 0.2) is 0 Å². The van der Waals surface area contributed by atoms with Gasteiger partial charge < -0.3 is 4.74 Å². The lowest BCUT2D eigenvalue weighted by Crippen LogP contribution is -2.47. The predicted molar refractivity (Wildman–Crippen MR) is 47.4 cm³/mol. The largest absolute Gasteiger partial charge is 0.423 e. The zero-order valence-electron chi connectivity index (χ0n) is 8.98. The predicted octanol–water partition coefficient (Wildman–Crippen LogP) is 2.14. The number of ether oxygens (including phenoxy) is 1. The van der Waals surface area contributed by atoms with Crippen LogP contribution in [0.25, 0.3) is 0 Å². The molecule has 1 unspecified atom stereocenters. The van der Waals surface area contributed by atoms with Crippen molar-refractivity contribution in [1.29, 1.82) is 5.26 Å². The highest BCUT2D eigenvalue weighted by atomic mass is 19.4. The number of nitrogens with zero attached hydrogens (tertiary/aromatic N) is 1. The van der Waals surface area contributed by atoms with Gasteiger partial charge >= 0.3 is 12.4 Å². The van der Waals surface area contributed by atoms with Gasteiger partial charge in [0.05, 0.1) is 12.7 Å². The quantitative estimate of drug-likeness (QED) is 0.782. The van der Waals surface area contributed by atoms with Crippen LogP contribution in [0.4, 0.5) is 26.3 Å². The average Bonchev–Trinajstić information content (AvgIpc) is 2.95. The first kappa shape index (κ1) is 15.0. The van der Waals surface area contributed by atoms with Crippen molar-refractivity contribution in [3.63, 3.8) is 0 Å². The molecule has 104 valence electrons. The first-order valence-electron chi connectivity index (χ1n) is 5.05. The molecule has 0 heterocycles. The van der Waals surface area contributed by atoms with E-state index in [9.17, 15) is 26.3 Å². The fourth-order valence-corrected chi connectivity index (χ4v) is 1.22. The molecule has 18 heavy (non-hydrogen) atoms. The summed E-state index contributed by atoms with van der Waals surface area (Å²) in [5.74, 6) is 0. The van der Waals surface area contributed by atoms with Gasteiger partial charge in [-0.15, -0.1) is 0 Å². The number of hydrogen-bond donors (Lipinski definition) is 1. The van der Waals surface area contributed by atoms with E-state index in [0.717, 1.165) is 12.8 Å². The summed E-state index contributed by atoms with van der Waals surface area (Å²) in [4.78, 5) is 0. The molecule has 1 saturated carbocycles. The van der Waals surface area contributed by atoms with Gasteiger partial charge in [0.25, 0.3) is 0 Å². The molecule has 1 atom stereocenters. The molecular formula is C9H10F6N2O. The maximum Gasteiger partial charge on any atom is 0.423 e. The molecule has 0 aliphatic heterocycles. The van der Waals surface area contributed by atoms with Crippen LogP contribution < -0.4 is 5.32 Å². The number of rotatable bonds is 5. The monoisotopic (exact) mass is 276 g/mol. The van der Waals surface area contributed by atoms with Gasteiger partial charge in [0.2, 0.25) is 6.10 Å². The van der Waals surface area contributed by atoms with Crippen LogP contribution in [-0.4, -0.2) is 37.1 Å². The zero-order chi connectivity index (χ0) is 14.0. The lowest BCUT2D eigenvalue weighted by atomic mass is 10.3. The van der Waals surface area contributed by atoms with Crippen LogP contribution in [0.1, 0.15) is 12.8 Å². The van der Waals surface area contributed by atoms with E-state index >= 15 is 0 Å². The Bertz CT molecular complexity index is 302. The smallest absolute Gasteiger partial charge is 0.358 e. The Labute approximate surface area is 98.7 Å². The summed E-state index contributed by atoms with van der Waals surface area (Å²) in [5.41, 5.74) is 0. The summed E-state index contributed by atoms with van der Waals surface area (Å²) in [6, 6.07) is 0.365. The first-order chi connectivity index (χ1) is 8.14. The van der Waals surface area contributed by atoms with E-state index < -0.39 is 31.1 Å². The molecule has 1 N–H and O–H groups in total. The minimum Gasteiger partial charge on any atom is -0.358 e. The molecule has 0 aromatic carbocycles. The maximum absolute atomic E-state index is 12.1. The molecule has 0 spiro atoms. The van der Waals surface area contributed by atoms with Crippen molar-refractivity contribution in [3.05, 3.63) is 0 Å². The van der Waals surface area contributed by atoms with Gasteiger partial charge in [-0.1, -0.05) is 0 Å². The van der Waals surface area contributed by atoms with E-state index in [4.69, 9.17) is 5.26 Å². The standard InChI is InChI=1S/C9H10F6N2O/c10-8(11,12)7(9(13,14)15)18-4-6(3-16)17-5-1-2-5/h5-7,17H,1-2,4H2. The molecule has 0 radical (unpaired) electrons. The van der Waals surface area contributed by atoms with E-state index in [-0.39, 0.29) is 6.04 Å². The summed E-state index contributed by atoms with van der Waals surface area (Å²) in [7, 11) is 0. The molecule has 1 rings (SSSR count). The van der Waals surface area contributed by atoms with Crippen LogP contribution in [0.3, 0.4) is 0 Å². The van der Waals surface area contributed by atoms with Gasteiger partial charge in [-0.2, -0.15) is 31.6 Å². The maximum atomic E-state index is 12.1. The summed E-state index contributed by atoms with van der Waals surface area (Å²) < 4.78 is 76.4. The summed E-state index contributed by atoms with van der Waals surface area (Å²) in [6.07, 6.45) is -13.4. The van der Waals surface area contributed by atoms with Crippen LogP contribution in [0.5, 0.6) is 0 Å². The number of hydrogen-bond acceptors (Lipinski definition) is 3. The van der Waals surface area contributed by atoms with E-state index in [0.29, 0.717) is 0 Å². The second kappa shape index (κ2) is 5.32. The Balaban J connectivity index is 2.53. The Morgan fingerprint density at radius 1 is 1.17 bits per heavy atom. The van der Waals surface area contributed by atoms with E-state index in [1.54, 1.807) is 6.07 Å². The molecule has 0 aromatic heterocycles. The minimum absolute atomic E-state index is 0.0199. The molecule has 0 amide bonds. The molecular weight excluding hydrogens is 266 g/mol. The van der Waals surface area contributed by atoms with Gasteiger partial charge in [0, 0.05) is 6.04 Å². The van der Waals surface area contributed by atoms with Gasteiger partial charge in [-0.05, 0) is 12.8 Å². The minimum atomic E-state index is -5.54. The molecule has 1 aliphatic carbocycles. The molecule has 1 aliphatic rings. The molecule has 0 saturated heterocycles. The lowest BCUT2D eigenvalue weighted by Gasteiger charge is -2.24. The third kappa shape index (κ3) is 4.70. The Morgan fingerprint density at radius 3 is 2.00 bits per heavy atom. The number of nitrogens with one attached hydrogen (secondary N) is 1. The zero-order valence-corrected chi connectivity index (χ0v) is 8.98. The van der Waals surface area contributed by atoms with Crippen LogP contribution >= 0.6 is 0 Å². The topological polar surface area (TPSA) is 45.0 Å². The van der Waals surface area contributed by atoms with Crippen molar-refractivity contribution in [2.24, 2.45) is 0 Å². The van der Waals surface area contributed by atoms with Crippen molar-refractivity contribution in [1.82, 2.24) is 5.32 Å². The van der Waals surface area contributed by atoms with Crippen LogP contribution in [-0.2, 0) is 4.74 Å². The molecule has 9 heteroatoms. The van der Waals surface area contributed by atoms with Gasteiger partial charge in [0.1, 0.15) is 6.04 Å². The molecule has 0 aromatic rings. The van der Waals surface area contributed by atoms with E-state index in [1.807, 2.05) is 0 Å². The van der Waals surface area contributed by atoms with Crippen molar-refractivity contribution in [2.45, 2.75) is 43.4 Å². The summed E-state index contributed by atoms with van der Waals surface area (Å²) in [5, 5.41) is 11.1. The second-order valence-electron chi connectivity index (χ2n) is 3.92. The van der Waals surface area contributed by atoms with Crippen LogP contribution in [0, 0.1) is 11.3 Å². The fourth-order valence-electron chi connectivity index (χ4n) is 1.22. The molecule has 0 bridgehead atoms. The van der Waals surface area contributed by atoms with Crippen molar-refractivity contribution < 1.29 is 31.1 Å². The summed E-state index contributed by atoms with van der Waals surface area (Å²) in [6.45, 7) is -0.962. The fraction of sp³-hybridized carbons (Fsp3) is 0.889. The van der Waals surface area contributed by atoms with Crippen molar-refractivity contribution in [3.8, 4) is 6.07 Å². The normalized spacial score (nSPS) is 18.8. The van der Waals surface area contributed by atoms with Crippen molar-refractivity contribution in [2.75, 3.05) is 6.61 Å². The number of alkyl halides is 6. The Hall–Kier alpha value is -1.01. The Morgan fingerprint density at radius 2 is 1.67 bits per heavy atom. The first-order valence-corrected chi connectivity index (χ1v) is 5.05. The van der Waals surface area contributed by atoms with E-state index in [1.165, 1.54) is 0 Å². The average molecular weight is 276 g/mol. The highest BCUT2D eigenvalue weighted by Gasteiger charge is 2.58. The van der Waals surface area contributed by atoms with Crippen molar-refractivity contribution >= 4 is 0 Å². The SMILES string of the molecule is N#CC(COC(C(F)(F)F)C(F)(F)F)NC1CC1. The summed E-state index contributed by atoms with van der Waals surface area (Å²) >= 11 is 0. The highest BCUT2D eigenvalue weighted by Crippen LogP contribution is 2.35. The van der Waals surface area contributed by atoms with Gasteiger partial charge in [-0.3, -0.25) is 5.32 Å². The number of halogens is 6. The van der Waals surface area contributed by atoms with Crippen LogP contribution in [0.15, 0.2) is 0 Å². The van der Waals surface area contributed by atoms with E-state index in [2.05, 4.69) is 10.1 Å². The Kier molecular flexibility index (Phi) is 4.45. The third-order valence-corrected chi connectivity index (χ3v) is 2.19. The second-order valence-corrected chi connectivity index (χ2v) is 3.92.